The fourth-order valence-electron chi connectivity index (χ4n) is 1.11. The van der Waals surface area contributed by atoms with Crippen LogP contribution in [0.5, 0.6) is 0 Å². The zero-order valence-electron chi connectivity index (χ0n) is 8.68. The molecule has 0 spiro atoms. The first-order valence-corrected chi connectivity index (χ1v) is 5.44. The number of aliphatic hydroxyl groups excluding tert-OH is 1. The van der Waals surface area contributed by atoms with Gasteiger partial charge in [0.05, 0.1) is 6.61 Å². The molecule has 17 heavy (non-hydrogen) atoms. The highest BCUT2D eigenvalue weighted by Crippen LogP contribution is 2.20. The minimum absolute atomic E-state index is 0.227. The fourth-order valence-corrected chi connectivity index (χ4v) is 1.36. The predicted octanol–water partition coefficient (Wildman–Crippen LogP) is 0.207. The van der Waals surface area contributed by atoms with Gasteiger partial charge in [0, 0.05) is 15.7 Å². The number of nitrogens with one attached hydrogen (secondary N) is 1. The van der Waals surface area contributed by atoms with Gasteiger partial charge in [-0.3, -0.25) is 4.79 Å². The highest BCUT2D eigenvalue weighted by atomic mass is 79.9. The number of anilines is 1. The van der Waals surface area contributed by atoms with Gasteiger partial charge in [-0.1, -0.05) is 0 Å². The summed E-state index contributed by atoms with van der Waals surface area (Å²) >= 11 is 3.18. The van der Waals surface area contributed by atoms with E-state index in [2.05, 4.69) is 21.2 Å². The number of nitrogens with two attached hydrogens (primary N) is 1. The van der Waals surface area contributed by atoms with Crippen LogP contribution in [0, 0.1) is 0 Å². The molecule has 1 aromatic carbocycles. The monoisotopic (exact) mass is 302 g/mol. The van der Waals surface area contributed by atoms with Gasteiger partial charge in [0.25, 0.3) is 5.91 Å². The third-order valence-electron chi connectivity index (χ3n) is 2.04. The van der Waals surface area contributed by atoms with Crippen molar-refractivity contribution in [1.82, 2.24) is 5.32 Å². The quantitative estimate of drug-likeness (QED) is 0.594. The van der Waals surface area contributed by atoms with Crippen LogP contribution in [0.15, 0.2) is 22.7 Å². The van der Waals surface area contributed by atoms with Crippen molar-refractivity contribution in [3.05, 3.63) is 28.2 Å². The second-order valence-corrected chi connectivity index (χ2v) is 4.14. The van der Waals surface area contributed by atoms with Crippen LogP contribution in [-0.2, 0) is 4.79 Å². The maximum atomic E-state index is 11.6. The molecule has 1 unspecified atom stereocenters. The minimum atomic E-state index is -1.33. The Morgan fingerprint density at radius 1 is 1.47 bits per heavy atom. The molecule has 0 radical (unpaired) electrons. The molecule has 0 fully saturated rings. The summed E-state index contributed by atoms with van der Waals surface area (Å²) in [4.78, 5) is 22.2. The first-order chi connectivity index (χ1) is 7.95. The zero-order chi connectivity index (χ0) is 13.0. The van der Waals surface area contributed by atoms with E-state index in [9.17, 15) is 9.59 Å². The van der Waals surface area contributed by atoms with Gasteiger partial charge in [0.15, 0.2) is 6.04 Å². The molecule has 92 valence electrons. The van der Waals surface area contributed by atoms with Gasteiger partial charge < -0.3 is 21.3 Å². The van der Waals surface area contributed by atoms with Crippen LogP contribution in [-0.4, -0.2) is 34.7 Å². The highest BCUT2D eigenvalue weighted by Gasteiger charge is 2.19. The van der Waals surface area contributed by atoms with Crippen LogP contribution in [0.4, 0.5) is 5.69 Å². The molecule has 6 nitrogen and oxygen atoms in total. The fraction of sp³-hybridized carbons (Fsp3) is 0.200. The zero-order valence-corrected chi connectivity index (χ0v) is 10.3. The van der Waals surface area contributed by atoms with E-state index in [1.54, 1.807) is 6.07 Å². The molecule has 1 atom stereocenters. The smallest absolute Gasteiger partial charge is 0.328 e. The second kappa shape index (κ2) is 5.65. The van der Waals surface area contributed by atoms with Crippen LogP contribution >= 0.6 is 15.9 Å². The summed E-state index contributed by atoms with van der Waals surface area (Å²) in [5.41, 5.74) is 6.19. The molecule has 1 rings (SSSR count). The van der Waals surface area contributed by atoms with Gasteiger partial charge in [-0.25, -0.2) is 4.79 Å². The number of halogens is 1. The number of nitrogen functional groups attached to an aromatic ring is 1. The van der Waals surface area contributed by atoms with Crippen molar-refractivity contribution in [3.63, 3.8) is 0 Å². The molecule has 0 aliphatic heterocycles. The summed E-state index contributed by atoms with van der Waals surface area (Å²) in [6, 6.07) is 3.16. The lowest BCUT2D eigenvalue weighted by Gasteiger charge is -2.12. The Hall–Kier alpha value is -1.60. The van der Waals surface area contributed by atoms with Gasteiger partial charge in [-0.2, -0.15) is 0 Å². The largest absolute Gasteiger partial charge is 0.480 e. The maximum Gasteiger partial charge on any atom is 0.328 e. The van der Waals surface area contributed by atoms with Crippen molar-refractivity contribution in [3.8, 4) is 0 Å². The van der Waals surface area contributed by atoms with E-state index in [0.29, 0.717) is 10.2 Å². The molecular formula is C10H11BrN2O4. The van der Waals surface area contributed by atoms with E-state index in [1.807, 2.05) is 0 Å². The molecule has 0 aliphatic rings. The van der Waals surface area contributed by atoms with Crippen molar-refractivity contribution in [2.75, 3.05) is 12.3 Å². The molecule has 0 saturated carbocycles. The highest BCUT2D eigenvalue weighted by molar-refractivity contribution is 9.10. The lowest BCUT2D eigenvalue weighted by Crippen LogP contribution is -2.43. The van der Waals surface area contributed by atoms with Crippen LogP contribution < -0.4 is 11.1 Å². The number of carbonyl (C=O) groups is 2. The number of aliphatic hydroxyl groups is 1. The lowest BCUT2D eigenvalue weighted by molar-refractivity contribution is -0.140. The summed E-state index contributed by atoms with van der Waals surface area (Å²) in [5, 5.41) is 19.6. The van der Waals surface area contributed by atoms with Gasteiger partial charge >= 0.3 is 5.97 Å². The Balaban J connectivity index is 2.82. The third kappa shape index (κ3) is 3.43. The first-order valence-electron chi connectivity index (χ1n) is 4.65. The Bertz CT molecular complexity index is 450. The van der Waals surface area contributed by atoms with Crippen LogP contribution in [0.25, 0.3) is 0 Å². The number of carbonyl (C=O) groups excluding carboxylic acids is 1. The van der Waals surface area contributed by atoms with E-state index in [-0.39, 0.29) is 5.56 Å². The summed E-state index contributed by atoms with van der Waals surface area (Å²) in [6.07, 6.45) is 0. The molecule has 7 heteroatoms. The summed E-state index contributed by atoms with van der Waals surface area (Å²) in [6.45, 7) is -0.674. The van der Waals surface area contributed by atoms with E-state index in [0.717, 1.165) is 0 Å². The van der Waals surface area contributed by atoms with Crippen LogP contribution in [0.2, 0.25) is 0 Å². The van der Waals surface area contributed by atoms with Crippen molar-refractivity contribution in [2.45, 2.75) is 6.04 Å². The average Bonchev–Trinajstić information content (AvgIpc) is 2.28. The number of amides is 1. The van der Waals surface area contributed by atoms with Crippen molar-refractivity contribution >= 4 is 33.5 Å². The van der Waals surface area contributed by atoms with Gasteiger partial charge in [0.1, 0.15) is 0 Å². The van der Waals surface area contributed by atoms with E-state index < -0.39 is 24.5 Å². The normalized spacial score (nSPS) is 11.9. The SMILES string of the molecule is Nc1cc(C(=O)NC(CO)C(=O)O)ccc1Br. The molecule has 1 amide bonds. The van der Waals surface area contributed by atoms with E-state index in [4.69, 9.17) is 15.9 Å². The van der Waals surface area contributed by atoms with Gasteiger partial charge in [-0.05, 0) is 34.1 Å². The van der Waals surface area contributed by atoms with Crippen molar-refractivity contribution < 1.29 is 19.8 Å². The van der Waals surface area contributed by atoms with Gasteiger partial charge in [0.2, 0.25) is 0 Å². The molecule has 0 aromatic heterocycles. The number of hydrogen-bond acceptors (Lipinski definition) is 4. The number of carboxylic acid groups (broad SMARTS) is 1. The topological polar surface area (TPSA) is 113 Å². The third-order valence-corrected chi connectivity index (χ3v) is 2.77. The minimum Gasteiger partial charge on any atom is -0.480 e. The van der Waals surface area contributed by atoms with Crippen molar-refractivity contribution in [1.29, 1.82) is 0 Å². The summed E-state index contributed by atoms with van der Waals surface area (Å²) in [5.74, 6) is -1.91. The van der Waals surface area contributed by atoms with E-state index >= 15 is 0 Å². The van der Waals surface area contributed by atoms with Crippen molar-refractivity contribution in [2.24, 2.45) is 0 Å². The van der Waals surface area contributed by atoms with Crippen LogP contribution in [0.1, 0.15) is 10.4 Å². The van der Waals surface area contributed by atoms with E-state index in [1.165, 1.54) is 12.1 Å². The van der Waals surface area contributed by atoms with Crippen LogP contribution in [0.3, 0.4) is 0 Å². The Morgan fingerprint density at radius 2 is 2.12 bits per heavy atom. The molecule has 1 aromatic rings. The first kappa shape index (κ1) is 13.5. The molecule has 0 aliphatic carbocycles. The molecule has 0 bridgehead atoms. The lowest BCUT2D eigenvalue weighted by atomic mass is 10.2. The molecule has 0 saturated heterocycles. The standard InChI is InChI=1S/C10H11BrN2O4/c11-6-2-1-5(3-7(6)12)9(15)13-8(4-14)10(16)17/h1-3,8,14H,4,12H2,(H,13,15)(H,16,17). The Kier molecular flexibility index (Phi) is 4.47. The molecule has 0 heterocycles. The number of carboxylic acids is 1. The number of aliphatic carboxylic acids is 1. The summed E-state index contributed by atoms with van der Waals surface area (Å²) in [7, 11) is 0. The molecular weight excluding hydrogens is 292 g/mol. The Labute approximate surface area is 106 Å². The second-order valence-electron chi connectivity index (χ2n) is 3.28. The van der Waals surface area contributed by atoms with Gasteiger partial charge in [-0.15, -0.1) is 0 Å². The Morgan fingerprint density at radius 3 is 2.59 bits per heavy atom. The number of hydrogen-bond donors (Lipinski definition) is 4. The predicted molar refractivity (Wildman–Crippen MR) is 64.5 cm³/mol. The maximum absolute atomic E-state index is 11.6. The number of rotatable bonds is 4. The molecule has 5 N–H and O–H groups in total. The number of benzene rings is 1. The average molecular weight is 303 g/mol. The summed E-state index contributed by atoms with van der Waals surface area (Å²) < 4.78 is 0.644.